The third-order valence-electron chi connectivity index (χ3n) is 1.78. The summed E-state index contributed by atoms with van der Waals surface area (Å²) in [5, 5.41) is 0. The molecule has 0 aliphatic rings. The van der Waals surface area contributed by atoms with Crippen LogP contribution in [0.25, 0.3) is 0 Å². The van der Waals surface area contributed by atoms with Crippen LogP contribution in [-0.2, 0) is 11.3 Å². The molecule has 0 N–H and O–H groups in total. The molecule has 0 saturated heterocycles. The van der Waals surface area contributed by atoms with Crippen LogP contribution >= 0.6 is 0 Å². The van der Waals surface area contributed by atoms with Crippen LogP contribution in [0.5, 0.6) is 0 Å². The van der Waals surface area contributed by atoms with E-state index < -0.39 is 0 Å². The molecule has 0 atom stereocenters. The van der Waals surface area contributed by atoms with E-state index in [1.54, 1.807) is 0 Å². The summed E-state index contributed by atoms with van der Waals surface area (Å²) >= 11 is 1.32. The normalized spacial score (nSPS) is 9.50. The molecule has 14 heavy (non-hydrogen) atoms. The molecule has 1 radical (unpaired) electrons. The van der Waals surface area contributed by atoms with Gasteiger partial charge in [-0.1, -0.05) is 0 Å². The molecule has 1 aromatic rings. The fraction of sp³-hybridized carbons (Fsp3) is 0.200. The van der Waals surface area contributed by atoms with E-state index in [-0.39, 0.29) is 9.86 Å². The van der Waals surface area contributed by atoms with Crippen LogP contribution in [0, 0.1) is 0 Å². The van der Waals surface area contributed by atoms with E-state index in [1.807, 2.05) is 30.3 Å². The molecule has 0 spiro atoms. The first-order valence-electron chi connectivity index (χ1n) is 4.14. The minimum absolute atomic E-state index is 0.211. The Bertz CT molecular complexity index is 323. The Balaban J connectivity index is 2.75. The molecule has 1 aromatic carbocycles. The van der Waals surface area contributed by atoms with Crippen LogP contribution in [0.4, 0.5) is 4.79 Å². The minimum atomic E-state index is -0.218. The van der Waals surface area contributed by atoms with Crippen LogP contribution < -0.4 is 0 Å². The Kier molecular flexibility index (Phi) is 4.12. The number of imide groups is 1. The molecular formula is C10H10NO2Te. The van der Waals surface area contributed by atoms with Gasteiger partial charge in [0.05, 0.1) is 0 Å². The van der Waals surface area contributed by atoms with E-state index in [2.05, 4.69) is 0 Å². The SMILES string of the molecule is CC(=O)N(Cc1ccccc1)C(=O)[Te]. The van der Waals surface area contributed by atoms with E-state index in [0.29, 0.717) is 6.54 Å². The van der Waals surface area contributed by atoms with Gasteiger partial charge in [-0.15, -0.1) is 0 Å². The van der Waals surface area contributed by atoms with Crippen molar-refractivity contribution >= 4 is 32.2 Å². The second-order valence-electron chi connectivity index (χ2n) is 2.86. The van der Waals surface area contributed by atoms with Gasteiger partial charge in [0.2, 0.25) is 0 Å². The van der Waals surface area contributed by atoms with Gasteiger partial charge >= 0.3 is 96.0 Å². The van der Waals surface area contributed by atoms with Crippen LogP contribution in [0.15, 0.2) is 30.3 Å². The van der Waals surface area contributed by atoms with Gasteiger partial charge in [-0.05, 0) is 0 Å². The quantitative estimate of drug-likeness (QED) is 0.773. The van der Waals surface area contributed by atoms with Crippen molar-refractivity contribution in [2.24, 2.45) is 0 Å². The first-order chi connectivity index (χ1) is 6.61. The maximum absolute atomic E-state index is 11.1. The summed E-state index contributed by atoms with van der Waals surface area (Å²) in [6, 6.07) is 9.44. The van der Waals surface area contributed by atoms with Crippen molar-refractivity contribution in [2.75, 3.05) is 0 Å². The summed E-state index contributed by atoms with van der Waals surface area (Å²) in [5.74, 6) is -0.218. The number of benzene rings is 1. The van der Waals surface area contributed by atoms with Crippen LogP contribution in [0.2, 0.25) is 0 Å². The zero-order chi connectivity index (χ0) is 10.6. The fourth-order valence-electron chi connectivity index (χ4n) is 1.07. The van der Waals surface area contributed by atoms with Gasteiger partial charge in [0.1, 0.15) is 0 Å². The number of hydrogen-bond donors (Lipinski definition) is 0. The molecule has 2 amide bonds. The molecule has 4 heteroatoms. The molecule has 0 unspecified atom stereocenters. The maximum atomic E-state index is 11.1. The first-order valence-corrected chi connectivity index (χ1v) is 5.31. The molecular weight excluding hydrogens is 294 g/mol. The first kappa shape index (κ1) is 11.2. The summed E-state index contributed by atoms with van der Waals surface area (Å²) in [6.07, 6.45) is 0. The Morgan fingerprint density at radius 3 is 2.29 bits per heavy atom. The summed E-state index contributed by atoms with van der Waals surface area (Å²) in [6.45, 7) is 1.75. The zero-order valence-corrected chi connectivity index (χ0v) is 10.1. The molecule has 73 valence electrons. The Morgan fingerprint density at radius 2 is 1.86 bits per heavy atom. The van der Waals surface area contributed by atoms with Crippen molar-refractivity contribution in [3.05, 3.63) is 35.9 Å². The van der Waals surface area contributed by atoms with Gasteiger partial charge < -0.3 is 0 Å². The molecule has 0 aliphatic carbocycles. The summed E-state index contributed by atoms with van der Waals surface area (Å²) in [5.41, 5.74) is 0.958. The van der Waals surface area contributed by atoms with Crippen LogP contribution in [0.1, 0.15) is 12.5 Å². The van der Waals surface area contributed by atoms with Crippen molar-refractivity contribution in [2.45, 2.75) is 13.5 Å². The number of rotatable bonds is 2. The zero-order valence-electron chi connectivity index (χ0n) is 7.77. The monoisotopic (exact) mass is 306 g/mol. The fourth-order valence-corrected chi connectivity index (χ4v) is 1.62. The summed E-state index contributed by atoms with van der Waals surface area (Å²) in [7, 11) is 0. The van der Waals surface area contributed by atoms with E-state index >= 15 is 0 Å². The molecule has 0 fully saturated rings. The second-order valence-corrected chi connectivity index (χ2v) is 3.85. The molecule has 0 saturated carbocycles. The number of hydrogen-bond acceptors (Lipinski definition) is 2. The van der Waals surface area contributed by atoms with Gasteiger partial charge in [0, 0.05) is 0 Å². The van der Waals surface area contributed by atoms with Crippen molar-refractivity contribution in [3.8, 4) is 0 Å². The van der Waals surface area contributed by atoms with Gasteiger partial charge in [-0.3, -0.25) is 0 Å². The van der Waals surface area contributed by atoms with Gasteiger partial charge in [-0.25, -0.2) is 0 Å². The molecule has 0 aromatic heterocycles. The Morgan fingerprint density at radius 1 is 1.29 bits per heavy atom. The summed E-state index contributed by atoms with van der Waals surface area (Å²) < 4.78 is -0.211. The Hall–Kier alpha value is -0.850. The standard InChI is InChI=1S/C10H10NO2Te/c1-8(12)11(10(13)14)7-9-5-3-2-4-6-9/h2-6H,7H2,1H3. The van der Waals surface area contributed by atoms with Crippen LogP contribution in [0.3, 0.4) is 0 Å². The van der Waals surface area contributed by atoms with Crippen molar-refractivity contribution in [1.29, 1.82) is 0 Å². The number of amides is 2. The average Bonchev–Trinajstić information content (AvgIpc) is 2.15. The molecule has 3 nitrogen and oxygen atoms in total. The summed E-state index contributed by atoms with van der Waals surface area (Å²) in [4.78, 5) is 23.4. The molecule has 0 bridgehead atoms. The van der Waals surface area contributed by atoms with E-state index in [4.69, 9.17) is 0 Å². The molecule has 1 rings (SSSR count). The Labute approximate surface area is 96.0 Å². The van der Waals surface area contributed by atoms with E-state index in [9.17, 15) is 9.59 Å². The van der Waals surface area contributed by atoms with Crippen molar-refractivity contribution in [1.82, 2.24) is 4.90 Å². The predicted octanol–water partition coefficient (Wildman–Crippen LogP) is 1.32. The van der Waals surface area contributed by atoms with Gasteiger partial charge in [-0.2, -0.15) is 0 Å². The van der Waals surface area contributed by atoms with Crippen molar-refractivity contribution < 1.29 is 9.59 Å². The number of carbonyl (C=O) groups excluding carboxylic acids is 2. The van der Waals surface area contributed by atoms with Gasteiger partial charge in [0.25, 0.3) is 0 Å². The van der Waals surface area contributed by atoms with E-state index in [1.165, 1.54) is 34.1 Å². The average molecular weight is 304 g/mol. The van der Waals surface area contributed by atoms with Crippen LogP contribution in [-0.4, -0.2) is 37.1 Å². The number of carbonyl (C=O) groups is 2. The molecule has 0 heterocycles. The topological polar surface area (TPSA) is 37.4 Å². The predicted molar refractivity (Wildman–Crippen MR) is 53.8 cm³/mol. The van der Waals surface area contributed by atoms with Crippen molar-refractivity contribution in [3.63, 3.8) is 0 Å². The third kappa shape index (κ3) is 3.13. The van der Waals surface area contributed by atoms with Gasteiger partial charge in [0.15, 0.2) is 0 Å². The molecule has 0 aliphatic heterocycles. The second kappa shape index (κ2) is 5.14. The third-order valence-corrected chi connectivity index (χ3v) is 2.41. The number of nitrogens with zero attached hydrogens (tertiary/aromatic N) is 1. The van der Waals surface area contributed by atoms with E-state index in [0.717, 1.165) is 5.56 Å².